The highest BCUT2D eigenvalue weighted by Crippen LogP contribution is 2.28. The van der Waals surface area contributed by atoms with Crippen LogP contribution in [-0.2, 0) is 25.7 Å². The van der Waals surface area contributed by atoms with Crippen molar-refractivity contribution >= 4 is 11.6 Å². The van der Waals surface area contributed by atoms with Crippen LogP contribution < -0.4 is 0 Å². The predicted molar refractivity (Wildman–Crippen MR) is 74.1 cm³/mol. The second-order valence-electron chi connectivity index (χ2n) is 5.11. The number of hydrogen-bond acceptors (Lipinski definition) is 4. The maximum Gasteiger partial charge on any atom is 0.451 e. The molecule has 0 amide bonds. The first-order chi connectivity index (χ1) is 10.4. The van der Waals surface area contributed by atoms with Crippen LogP contribution in [0.1, 0.15) is 22.6 Å². The molecule has 4 nitrogen and oxygen atoms in total. The highest BCUT2D eigenvalue weighted by Gasteiger charge is 2.35. The second kappa shape index (κ2) is 5.81. The fourth-order valence-corrected chi connectivity index (χ4v) is 2.50. The van der Waals surface area contributed by atoms with Gasteiger partial charge in [0, 0.05) is 32.0 Å². The summed E-state index contributed by atoms with van der Waals surface area (Å²) in [6, 6.07) is 3.55. The zero-order valence-electron chi connectivity index (χ0n) is 11.4. The van der Waals surface area contributed by atoms with Crippen LogP contribution in [0.3, 0.4) is 0 Å². The largest absolute Gasteiger partial charge is 0.451 e. The zero-order valence-corrected chi connectivity index (χ0v) is 12.2. The zero-order chi connectivity index (χ0) is 15.7. The second-order valence-corrected chi connectivity index (χ2v) is 5.50. The van der Waals surface area contributed by atoms with E-state index in [-0.39, 0.29) is 0 Å². The quantitative estimate of drug-likeness (QED) is 0.794. The first-order valence-corrected chi connectivity index (χ1v) is 7.04. The number of halogens is 4. The Morgan fingerprint density at radius 1 is 1.18 bits per heavy atom. The topological polar surface area (TPSA) is 41.9 Å². The lowest BCUT2D eigenvalue weighted by molar-refractivity contribution is -0.145. The Hall–Kier alpha value is -1.73. The molecule has 22 heavy (non-hydrogen) atoms. The molecule has 0 aromatic carbocycles. The molecule has 0 bridgehead atoms. The maximum absolute atomic E-state index is 12.7. The third-order valence-corrected chi connectivity index (χ3v) is 3.70. The molecule has 8 heteroatoms. The van der Waals surface area contributed by atoms with Crippen LogP contribution in [0.15, 0.2) is 24.5 Å². The van der Waals surface area contributed by atoms with Gasteiger partial charge in [-0.25, -0.2) is 15.0 Å². The molecule has 0 saturated carbocycles. The third kappa shape index (κ3) is 3.36. The monoisotopic (exact) mass is 328 g/mol. The van der Waals surface area contributed by atoms with E-state index in [9.17, 15) is 13.2 Å². The summed E-state index contributed by atoms with van der Waals surface area (Å²) < 4.78 is 38.0. The molecule has 0 fully saturated rings. The molecule has 0 saturated heterocycles. The van der Waals surface area contributed by atoms with Gasteiger partial charge in [0.05, 0.1) is 5.69 Å². The summed E-state index contributed by atoms with van der Waals surface area (Å²) in [5.41, 5.74) is 2.17. The Labute approximate surface area is 130 Å². The fourth-order valence-electron chi connectivity index (χ4n) is 2.39. The van der Waals surface area contributed by atoms with Crippen LogP contribution in [0.4, 0.5) is 13.2 Å². The van der Waals surface area contributed by atoms with Gasteiger partial charge < -0.3 is 0 Å². The minimum absolute atomic E-state index is 0.365. The van der Waals surface area contributed by atoms with Crippen molar-refractivity contribution in [1.82, 2.24) is 19.9 Å². The lowest BCUT2D eigenvalue weighted by Gasteiger charge is -2.28. The highest BCUT2D eigenvalue weighted by atomic mass is 35.5. The molecule has 1 aliphatic rings. The molecule has 0 N–H and O–H groups in total. The van der Waals surface area contributed by atoms with E-state index >= 15 is 0 Å². The van der Waals surface area contributed by atoms with E-state index in [2.05, 4.69) is 15.0 Å². The van der Waals surface area contributed by atoms with Crippen molar-refractivity contribution in [1.29, 1.82) is 0 Å². The summed E-state index contributed by atoms with van der Waals surface area (Å²) in [6.45, 7) is 1.70. The Kier molecular flexibility index (Phi) is 4.01. The number of rotatable bonds is 2. The van der Waals surface area contributed by atoms with Gasteiger partial charge in [-0.05, 0) is 23.6 Å². The van der Waals surface area contributed by atoms with Gasteiger partial charge in [-0.2, -0.15) is 13.2 Å². The minimum atomic E-state index is -4.52. The molecule has 0 radical (unpaired) electrons. The van der Waals surface area contributed by atoms with Crippen LogP contribution in [-0.4, -0.2) is 26.4 Å². The Morgan fingerprint density at radius 3 is 2.68 bits per heavy atom. The first kappa shape index (κ1) is 15.2. The lowest BCUT2D eigenvalue weighted by atomic mass is 10.1. The molecular formula is C14H12ClF3N4. The van der Waals surface area contributed by atoms with Crippen LogP contribution in [0, 0.1) is 0 Å². The summed E-state index contributed by atoms with van der Waals surface area (Å²) >= 11 is 5.73. The van der Waals surface area contributed by atoms with E-state index in [0.29, 0.717) is 30.4 Å². The van der Waals surface area contributed by atoms with Crippen LogP contribution in [0.5, 0.6) is 0 Å². The van der Waals surface area contributed by atoms with Crippen molar-refractivity contribution in [2.45, 2.75) is 25.7 Å². The number of nitrogens with zero attached hydrogens (tertiary/aromatic N) is 4. The predicted octanol–water partition coefficient (Wildman–Crippen LogP) is 3.10. The summed E-state index contributed by atoms with van der Waals surface area (Å²) in [7, 11) is 0. The lowest BCUT2D eigenvalue weighted by Crippen LogP contribution is -2.31. The van der Waals surface area contributed by atoms with Crippen LogP contribution in [0.25, 0.3) is 0 Å². The van der Waals surface area contributed by atoms with Crippen molar-refractivity contribution in [2.75, 3.05) is 6.54 Å². The SMILES string of the molecule is FC(F)(F)c1ncc2c(n1)CN(Cc1ccc(Cl)nc1)CC2. The van der Waals surface area contributed by atoms with Gasteiger partial charge in [-0.15, -0.1) is 0 Å². The number of fused-ring (bicyclic) bond motifs is 1. The fraction of sp³-hybridized carbons (Fsp3) is 0.357. The van der Waals surface area contributed by atoms with Gasteiger partial charge in [-0.3, -0.25) is 4.90 Å². The van der Waals surface area contributed by atoms with Crippen molar-refractivity contribution in [3.8, 4) is 0 Å². The van der Waals surface area contributed by atoms with Gasteiger partial charge in [-0.1, -0.05) is 17.7 Å². The third-order valence-electron chi connectivity index (χ3n) is 3.47. The highest BCUT2D eigenvalue weighted by molar-refractivity contribution is 6.29. The smallest absolute Gasteiger partial charge is 0.293 e. The van der Waals surface area contributed by atoms with Crippen molar-refractivity contribution < 1.29 is 13.2 Å². The van der Waals surface area contributed by atoms with Gasteiger partial charge in [0.2, 0.25) is 5.82 Å². The molecule has 3 rings (SSSR count). The number of pyridine rings is 1. The number of aromatic nitrogens is 3. The molecule has 0 aliphatic carbocycles. The van der Waals surface area contributed by atoms with Gasteiger partial charge in [0.1, 0.15) is 5.15 Å². The van der Waals surface area contributed by atoms with Gasteiger partial charge >= 0.3 is 6.18 Å². The first-order valence-electron chi connectivity index (χ1n) is 6.66. The van der Waals surface area contributed by atoms with Crippen LogP contribution >= 0.6 is 11.6 Å². The van der Waals surface area contributed by atoms with Crippen LogP contribution in [0.2, 0.25) is 5.15 Å². The van der Waals surface area contributed by atoms with Crippen molar-refractivity contribution in [2.24, 2.45) is 0 Å². The number of hydrogen-bond donors (Lipinski definition) is 0. The van der Waals surface area contributed by atoms with E-state index in [1.165, 1.54) is 6.20 Å². The van der Waals surface area contributed by atoms with E-state index in [4.69, 9.17) is 11.6 Å². The van der Waals surface area contributed by atoms with E-state index in [1.807, 2.05) is 11.0 Å². The van der Waals surface area contributed by atoms with E-state index < -0.39 is 12.0 Å². The molecule has 116 valence electrons. The Balaban J connectivity index is 1.76. The number of alkyl halides is 3. The molecule has 0 spiro atoms. The van der Waals surface area contributed by atoms with Crippen molar-refractivity contribution in [3.63, 3.8) is 0 Å². The average Bonchev–Trinajstić information content (AvgIpc) is 2.48. The molecule has 0 atom stereocenters. The summed E-state index contributed by atoms with van der Waals surface area (Å²) in [5, 5.41) is 0.412. The van der Waals surface area contributed by atoms with Gasteiger partial charge in [0.25, 0.3) is 0 Å². The standard InChI is InChI=1S/C14H12ClF3N4/c15-12-2-1-9(5-19-12)7-22-4-3-10-6-20-13(14(16,17)18)21-11(10)8-22/h1-2,5-6H,3-4,7-8H2. The van der Waals surface area contributed by atoms with Gasteiger partial charge in [0.15, 0.2) is 0 Å². The summed E-state index contributed by atoms with van der Waals surface area (Å²) in [6.07, 6.45) is -0.933. The average molecular weight is 329 g/mol. The van der Waals surface area contributed by atoms with Crippen molar-refractivity contribution in [3.05, 3.63) is 52.3 Å². The summed E-state index contributed by atoms with van der Waals surface area (Å²) in [5.74, 6) is -1.08. The molecule has 1 aliphatic heterocycles. The Morgan fingerprint density at radius 2 is 2.00 bits per heavy atom. The molecule has 2 aromatic heterocycles. The Bertz CT molecular complexity index is 673. The normalized spacial score (nSPS) is 15.6. The molecule has 3 heterocycles. The molecule has 2 aromatic rings. The molecular weight excluding hydrogens is 317 g/mol. The van der Waals surface area contributed by atoms with E-state index in [0.717, 1.165) is 17.7 Å². The summed E-state index contributed by atoms with van der Waals surface area (Å²) in [4.78, 5) is 13.1. The minimum Gasteiger partial charge on any atom is -0.293 e. The molecule has 0 unspecified atom stereocenters. The van der Waals surface area contributed by atoms with E-state index in [1.54, 1.807) is 12.3 Å². The maximum atomic E-state index is 12.7.